The molecule has 5 rings (SSSR count). The molecule has 2 aromatic rings. The number of hydrogen-bond donors (Lipinski definition) is 1. The van der Waals surface area contributed by atoms with Crippen molar-refractivity contribution in [1.82, 2.24) is 4.98 Å². The fraction of sp³-hybridized carbons (Fsp3) is 0.417. The number of fused-ring (bicyclic) bond motifs is 1. The smallest absolute Gasteiger partial charge is 0.162 e. The van der Waals surface area contributed by atoms with Gasteiger partial charge in [0.05, 0.1) is 5.41 Å². The maximum Gasteiger partial charge on any atom is 0.162 e. The number of nitrogens with zero attached hydrogens (tertiary/aromatic N) is 1. The van der Waals surface area contributed by atoms with E-state index in [1.54, 1.807) is 0 Å². The Bertz CT molecular complexity index is 969. The van der Waals surface area contributed by atoms with Gasteiger partial charge in [0.2, 0.25) is 0 Å². The highest BCUT2D eigenvalue weighted by Crippen LogP contribution is 2.53. The number of Topliss-reactive ketones (excluding diaryl/α,β-unsaturated/α-hetero) is 1. The fourth-order valence-corrected chi connectivity index (χ4v) is 4.96. The Hall–Kier alpha value is -2.42. The topological polar surface area (TPSA) is 42.0 Å². The summed E-state index contributed by atoms with van der Waals surface area (Å²) in [7, 11) is 0. The van der Waals surface area contributed by atoms with Crippen molar-refractivity contribution in [3.8, 4) is 0 Å². The molecule has 0 amide bonds. The van der Waals surface area contributed by atoms with Gasteiger partial charge >= 0.3 is 0 Å². The summed E-state index contributed by atoms with van der Waals surface area (Å²) in [5.74, 6) is 1.82. The van der Waals surface area contributed by atoms with Gasteiger partial charge in [0.25, 0.3) is 0 Å². The largest absolute Gasteiger partial charge is 0.343 e. The third-order valence-electron chi connectivity index (χ3n) is 6.49. The molecule has 1 saturated carbocycles. The minimum absolute atomic E-state index is 0.0219. The molecule has 0 radical (unpaired) electrons. The molecule has 1 fully saturated rings. The zero-order chi connectivity index (χ0) is 18.8. The Kier molecular flexibility index (Phi) is 3.43. The normalized spacial score (nSPS) is 26.3. The molecular weight excluding hydrogens is 332 g/mol. The Morgan fingerprint density at radius 1 is 1.07 bits per heavy atom. The molecule has 1 aromatic heterocycles. The average molecular weight is 358 g/mol. The van der Waals surface area contributed by atoms with Crippen molar-refractivity contribution in [2.45, 2.75) is 57.8 Å². The lowest BCUT2D eigenvalue weighted by atomic mass is 9.62. The molecule has 3 heteroatoms. The van der Waals surface area contributed by atoms with E-state index >= 15 is 0 Å². The van der Waals surface area contributed by atoms with Gasteiger partial charge in [-0.05, 0) is 54.7 Å². The number of carbonyl (C=O) groups is 1. The SMILES string of the molecule is CC1(C)CC(=O)C2=C(C1)Nc1ncc(C3CC3)cc1[C@]2(C)c1ccccc1. The molecule has 3 nitrogen and oxygen atoms in total. The average Bonchev–Trinajstić information content (AvgIpc) is 3.46. The van der Waals surface area contributed by atoms with E-state index in [4.69, 9.17) is 4.98 Å². The highest BCUT2D eigenvalue weighted by Gasteiger charge is 2.48. The van der Waals surface area contributed by atoms with Crippen molar-refractivity contribution in [1.29, 1.82) is 0 Å². The number of hydrogen-bond acceptors (Lipinski definition) is 3. The third kappa shape index (κ3) is 2.55. The minimum atomic E-state index is -0.456. The van der Waals surface area contributed by atoms with Crippen LogP contribution < -0.4 is 5.32 Å². The Balaban J connectivity index is 1.77. The summed E-state index contributed by atoms with van der Waals surface area (Å²) in [5.41, 5.74) is 5.14. The third-order valence-corrected chi connectivity index (χ3v) is 6.49. The second kappa shape index (κ2) is 5.54. The fourth-order valence-electron chi connectivity index (χ4n) is 4.96. The summed E-state index contributed by atoms with van der Waals surface area (Å²) in [5, 5.41) is 3.54. The van der Waals surface area contributed by atoms with Crippen molar-refractivity contribution in [3.05, 3.63) is 70.6 Å². The first-order valence-corrected chi connectivity index (χ1v) is 9.98. The maximum atomic E-state index is 13.4. The van der Waals surface area contributed by atoms with Crippen LogP contribution in [-0.2, 0) is 10.2 Å². The van der Waals surface area contributed by atoms with Crippen LogP contribution in [0.15, 0.2) is 53.9 Å². The number of carbonyl (C=O) groups excluding carboxylic acids is 1. The summed E-state index contributed by atoms with van der Waals surface area (Å²) < 4.78 is 0. The molecule has 2 aliphatic carbocycles. The molecule has 3 aliphatic rings. The second-order valence-electron chi connectivity index (χ2n) is 9.35. The number of ketones is 1. The molecule has 0 spiro atoms. The molecule has 27 heavy (non-hydrogen) atoms. The summed E-state index contributed by atoms with van der Waals surface area (Å²) in [4.78, 5) is 18.2. The summed E-state index contributed by atoms with van der Waals surface area (Å²) >= 11 is 0. The van der Waals surface area contributed by atoms with E-state index in [2.05, 4.69) is 56.4 Å². The van der Waals surface area contributed by atoms with Gasteiger partial charge < -0.3 is 5.32 Å². The number of anilines is 1. The highest BCUT2D eigenvalue weighted by atomic mass is 16.1. The molecule has 138 valence electrons. The lowest BCUT2D eigenvalue weighted by Crippen LogP contribution is -2.42. The quantitative estimate of drug-likeness (QED) is 0.788. The number of aromatic nitrogens is 1. The van der Waals surface area contributed by atoms with Gasteiger partial charge in [-0.3, -0.25) is 4.79 Å². The predicted octanol–water partition coefficient (Wildman–Crippen LogP) is 5.33. The second-order valence-corrected chi connectivity index (χ2v) is 9.35. The molecule has 1 aromatic carbocycles. The van der Waals surface area contributed by atoms with Gasteiger partial charge in [-0.15, -0.1) is 0 Å². The van der Waals surface area contributed by atoms with Crippen LogP contribution in [0, 0.1) is 5.41 Å². The van der Waals surface area contributed by atoms with Crippen molar-refractivity contribution in [2.24, 2.45) is 5.41 Å². The van der Waals surface area contributed by atoms with E-state index in [0.717, 1.165) is 29.1 Å². The van der Waals surface area contributed by atoms with Gasteiger partial charge in [0, 0.05) is 29.5 Å². The van der Waals surface area contributed by atoms with Crippen LogP contribution in [0.4, 0.5) is 5.82 Å². The first-order chi connectivity index (χ1) is 12.9. The van der Waals surface area contributed by atoms with Crippen molar-refractivity contribution >= 4 is 11.6 Å². The standard InChI is InChI=1S/C24H26N2O/c1-23(2)12-19-21(20(27)13-23)24(3,17-7-5-4-6-8-17)18-11-16(15-9-10-15)14-25-22(18)26-19/h4-8,11,14-15H,9-10,12-13H2,1-3H3,(H,25,26)/t24-/m0/s1. The molecule has 1 N–H and O–H groups in total. The number of rotatable bonds is 2. The molecule has 0 saturated heterocycles. The van der Waals surface area contributed by atoms with E-state index in [9.17, 15) is 4.79 Å². The van der Waals surface area contributed by atoms with Crippen LogP contribution in [-0.4, -0.2) is 10.8 Å². The Morgan fingerprint density at radius 3 is 2.52 bits per heavy atom. The number of benzene rings is 1. The van der Waals surface area contributed by atoms with Gasteiger partial charge in [0.1, 0.15) is 5.82 Å². The summed E-state index contributed by atoms with van der Waals surface area (Å²) in [6.45, 7) is 6.57. The van der Waals surface area contributed by atoms with Crippen molar-refractivity contribution in [2.75, 3.05) is 5.32 Å². The van der Waals surface area contributed by atoms with Crippen molar-refractivity contribution < 1.29 is 4.79 Å². The number of pyridine rings is 1. The van der Waals surface area contributed by atoms with Crippen LogP contribution in [0.1, 0.15) is 69.1 Å². The molecule has 0 unspecified atom stereocenters. The van der Waals surface area contributed by atoms with Crippen LogP contribution in [0.3, 0.4) is 0 Å². The highest BCUT2D eigenvalue weighted by molar-refractivity contribution is 6.02. The van der Waals surface area contributed by atoms with Gasteiger partial charge in [-0.1, -0.05) is 44.2 Å². The Morgan fingerprint density at radius 2 is 1.81 bits per heavy atom. The molecule has 1 aliphatic heterocycles. The maximum absolute atomic E-state index is 13.4. The monoisotopic (exact) mass is 358 g/mol. The first-order valence-electron chi connectivity index (χ1n) is 9.98. The lowest BCUT2D eigenvalue weighted by Gasteiger charge is -2.44. The first kappa shape index (κ1) is 16.7. The van der Waals surface area contributed by atoms with Gasteiger partial charge in [-0.25, -0.2) is 4.98 Å². The van der Waals surface area contributed by atoms with E-state index in [1.165, 1.54) is 24.0 Å². The summed E-state index contributed by atoms with van der Waals surface area (Å²) in [6.07, 6.45) is 5.99. The zero-order valence-electron chi connectivity index (χ0n) is 16.3. The zero-order valence-corrected chi connectivity index (χ0v) is 16.3. The van der Waals surface area contributed by atoms with Crippen molar-refractivity contribution in [3.63, 3.8) is 0 Å². The van der Waals surface area contributed by atoms with Gasteiger partial charge in [0.15, 0.2) is 5.78 Å². The molecular formula is C24H26N2O. The number of allylic oxidation sites excluding steroid dienone is 2. The Labute approximate surface area is 160 Å². The molecule has 0 bridgehead atoms. The van der Waals surface area contributed by atoms with Crippen LogP contribution >= 0.6 is 0 Å². The van der Waals surface area contributed by atoms with E-state index in [1.807, 2.05) is 12.3 Å². The van der Waals surface area contributed by atoms with Crippen LogP contribution in [0.5, 0.6) is 0 Å². The lowest BCUT2D eigenvalue weighted by molar-refractivity contribution is -0.118. The predicted molar refractivity (Wildman–Crippen MR) is 108 cm³/mol. The minimum Gasteiger partial charge on any atom is -0.343 e. The summed E-state index contributed by atoms with van der Waals surface area (Å²) in [6, 6.07) is 12.8. The molecule has 2 heterocycles. The van der Waals surface area contributed by atoms with E-state index in [0.29, 0.717) is 12.3 Å². The van der Waals surface area contributed by atoms with Crippen LogP contribution in [0.2, 0.25) is 0 Å². The number of nitrogens with one attached hydrogen (secondary N) is 1. The van der Waals surface area contributed by atoms with Crippen LogP contribution in [0.25, 0.3) is 0 Å². The molecule has 1 atom stereocenters. The van der Waals surface area contributed by atoms with E-state index in [-0.39, 0.29) is 11.2 Å². The van der Waals surface area contributed by atoms with Gasteiger partial charge in [-0.2, -0.15) is 0 Å². The van der Waals surface area contributed by atoms with E-state index < -0.39 is 5.41 Å².